The van der Waals surface area contributed by atoms with Gasteiger partial charge in [-0.3, -0.25) is 9.10 Å². The normalized spacial score (nSPS) is 14.7. The SMILES string of the molecule is COc1ccc(S(=O)(=O)N(CC(=O)NCCCN2CCCCC2)c2ccc(C)cc2)cc1. The number of ether oxygens (including phenoxy) is 1. The van der Waals surface area contributed by atoms with E-state index < -0.39 is 10.0 Å². The molecule has 0 aliphatic carbocycles. The second-order valence-corrected chi connectivity index (χ2v) is 9.99. The number of likely N-dealkylation sites (tertiary alicyclic amines) is 1. The lowest BCUT2D eigenvalue weighted by Gasteiger charge is -2.26. The highest BCUT2D eigenvalue weighted by Gasteiger charge is 2.27. The second kappa shape index (κ2) is 11.3. The molecule has 0 bridgehead atoms. The molecule has 8 heteroatoms. The fourth-order valence-corrected chi connectivity index (χ4v) is 5.22. The molecule has 32 heavy (non-hydrogen) atoms. The van der Waals surface area contributed by atoms with Crippen molar-refractivity contribution in [2.75, 3.05) is 44.1 Å². The van der Waals surface area contributed by atoms with Crippen LogP contribution >= 0.6 is 0 Å². The van der Waals surface area contributed by atoms with Gasteiger partial charge in [0, 0.05) is 6.54 Å². The Labute approximate surface area is 191 Å². The minimum Gasteiger partial charge on any atom is -0.497 e. The number of hydrogen-bond acceptors (Lipinski definition) is 5. The molecule has 0 radical (unpaired) electrons. The topological polar surface area (TPSA) is 79.0 Å². The Morgan fingerprint density at radius 3 is 2.31 bits per heavy atom. The predicted octanol–water partition coefficient (Wildman–Crippen LogP) is 3.19. The standard InChI is InChI=1S/C24H33N3O4S/c1-20-7-9-21(10-8-20)27(32(29,30)23-13-11-22(31-2)12-14-23)19-24(28)25-15-6-18-26-16-4-3-5-17-26/h7-14H,3-6,15-19H2,1-2H3,(H,25,28). The Bertz CT molecular complexity index is 969. The molecule has 0 unspecified atom stereocenters. The zero-order chi connectivity index (χ0) is 23.0. The Kier molecular flexibility index (Phi) is 8.53. The molecule has 174 valence electrons. The molecule has 1 fully saturated rings. The Morgan fingerprint density at radius 2 is 1.69 bits per heavy atom. The second-order valence-electron chi connectivity index (χ2n) is 8.13. The maximum absolute atomic E-state index is 13.4. The molecule has 7 nitrogen and oxygen atoms in total. The summed E-state index contributed by atoms with van der Waals surface area (Å²) in [6.45, 7) is 5.37. The quantitative estimate of drug-likeness (QED) is 0.552. The van der Waals surface area contributed by atoms with Gasteiger partial charge in [0.2, 0.25) is 5.91 Å². The van der Waals surface area contributed by atoms with E-state index in [9.17, 15) is 13.2 Å². The van der Waals surface area contributed by atoms with Crippen molar-refractivity contribution in [1.29, 1.82) is 0 Å². The number of rotatable bonds is 10. The number of sulfonamides is 1. The number of nitrogens with one attached hydrogen (secondary N) is 1. The van der Waals surface area contributed by atoms with Crippen LogP contribution < -0.4 is 14.4 Å². The molecule has 0 saturated carbocycles. The van der Waals surface area contributed by atoms with Crippen LogP contribution in [0.5, 0.6) is 5.75 Å². The molecule has 2 aromatic carbocycles. The third kappa shape index (κ3) is 6.46. The molecule has 1 aliphatic heterocycles. The number of amides is 1. The number of benzene rings is 2. The molecule has 1 saturated heterocycles. The van der Waals surface area contributed by atoms with E-state index in [-0.39, 0.29) is 17.3 Å². The monoisotopic (exact) mass is 459 g/mol. The largest absolute Gasteiger partial charge is 0.497 e. The average molecular weight is 460 g/mol. The smallest absolute Gasteiger partial charge is 0.264 e. The summed E-state index contributed by atoms with van der Waals surface area (Å²) in [6, 6.07) is 13.3. The van der Waals surface area contributed by atoms with Crippen LogP contribution in [0.3, 0.4) is 0 Å². The summed E-state index contributed by atoms with van der Waals surface area (Å²) in [6.07, 6.45) is 4.62. The number of nitrogens with zero attached hydrogens (tertiary/aromatic N) is 2. The van der Waals surface area contributed by atoms with Crippen LogP contribution in [-0.2, 0) is 14.8 Å². The fourth-order valence-electron chi connectivity index (χ4n) is 3.80. The Hall–Kier alpha value is -2.58. The molecule has 1 N–H and O–H groups in total. The van der Waals surface area contributed by atoms with Crippen molar-refractivity contribution in [1.82, 2.24) is 10.2 Å². The Morgan fingerprint density at radius 1 is 1.03 bits per heavy atom. The highest BCUT2D eigenvalue weighted by molar-refractivity contribution is 7.92. The molecule has 0 aromatic heterocycles. The highest BCUT2D eigenvalue weighted by Crippen LogP contribution is 2.25. The van der Waals surface area contributed by atoms with Crippen molar-refractivity contribution in [3.05, 3.63) is 54.1 Å². The first kappa shape index (κ1) is 24.1. The first-order chi connectivity index (χ1) is 15.4. The van der Waals surface area contributed by atoms with E-state index in [4.69, 9.17) is 4.74 Å². The van der Waals surface area contributed by atoms with Crippen molar-refractivity contribution < 1.29 is 17.9 Å². The minimum atomic E-state index is -3.93. The zero-order valence-electron chi connectivity index (χ0n) is 18.9. The summed E-state index contributed by atoms with van der Waals surface area (Å²) in [5, 5.41) is 2.88. The van der Waals surface area contributed by atoms with Crippen molar-refractivity contribution in [2.24, 2.45) is 0 Å². The molecule has 0 spiro atoms. The van der Waals surface area contributed by atoms with E-state index in [1.54, 1.807) is 24.3 Å². The van der Waals surface area contributed by atoms with E-state index >= 15 is 0 Å². The molecule has 2 aromatic rings. The van der Waals surface area contributed by atoms with Crippen molar-refractivity contribution in [3.63, 3.8) is 0 Å². The minimum absolute atomic E-state index is 0.108. The number of carbonyl (C=O) groups excluding carboxylic acids is 1. The number of piperidine rings is 1. The van der Waals surface area contributed by atoms with E-state index in [0.29, 0.717) is 18.0 Å². The zero-order valence-corrected chi connectivity index (χ0v) is 19.7. The van der Waals surface area contributed by atoms with Gasteiger partial charge in [0.15, 0.2) is 0 Å². The van der Waals surface area contributed by atoms with E-state index in [0.717, 1.165) is 35.9 Å². The third-order valence-corrected chi connectivity index (χ3v) is 7.47. The van der Waals surface area contributed by atoms with Crippen molar-refractivity contribution in [3.8, 4) is 5.75 Å². The average Bonchev–Trinajstić information content (AvgIpc) is 2.81. The van der Waals surface area contributed by atoms with Crippen LogP contribution in [0, 0.1) is 6.92 Å². The van der Waals surface area contributed by atoms with Gasteiger partial charge in [-0.25, -0.2) is 8.42 Å². The predicted molar refractivity (Wildman–Crippen MR) is 127 cm³/mol. The van der Waals surface area contributed by atoms with E-state index in [1.165, 1.54) is 38.5 Å². The highest BCUT2D eigenvalue weighted by atomic mass is 32.2. The van der Waals surface area contributed by atoms with Crippen LogP contribution in [0.1, 0.15) is 31.2 Å². The molecule has 1 amide bonds. The Balaban J connectivity index is 1.68. The maximum Gasteiger partial charge on any atom is 0.264 e. The van der Waals surface area contributed by atoms with Crippen LogP contribution in [-0.4, -0.2) is 59.1 Å². The molecular weight excluding hydrogens is 426 g/mol. The van der Waals surface area contributed by atoms with E-state index in [1.807, 2.05) is 19.1 Å². The van der Waals surface area contributed by atoms with Crippen LogP contribution in [0.2, 0.25) is 0 Å². The lowest BCUT2D eigenvalue weighted by molar-refractivity contribution is -0.119. The summed E-state index contributed by atoms with van der Waals surface area (Å²) in [7, 11) is -2.40. The molecule has 1 heterocycles. The summed E-state index contributed by atoms with van der Waals surface area (Å²) in [4.78, 5) is 15.2. The van der Waals surface area contributed by atoms with Gasteiger partial charge in [0.1, 0.15) is 12.3 Å². The maximum atomic E-state index is 13.4. The number of aryl methyl sites for hydroxylation is 1. The van der Waals surface area contributed by atoms with Crippen LogP contribution in [0.15, 0.2) is 53.4 Å². The van der Waals surface area contributed by atoms with Gasteiger partial charge < -0.3 is 15.0 Å². The summed E-state index contributed by atoms with van der Waals surface area (Å²) in [5.74, 6) is 0.249. The summed E-state index contributed by atoms with van der Waals surface area (Å²) < 4.78 is 33.1. The van der Waals surface area contributed by atoms with Gasteiger partial charge in [0.25, 0.3) is 10.0 Å². The summed E-state index contributed by atoms with van der Waals surface area (Å²) in [5.41, 5.74) is 1.47. The number of methoxy groups -OCH3 is 1. The lowest BCUT2D eigenvalue weighted by atomic mass is 10.1. The molecular formula is C24H33N3O4S. The molecule has 1 aliphatic rings. The molecule has 3 rings (SSSR count). The van der Waals surface area contributed by atoms with E-state index in [2.05, 4.69) is 10.2 Å². The molecule has 0 atom stereocenters. The number of hydrogen-bond donors (Lipinski definition) is 1. The first-order valence-electron chi connectivity index (χ1n) is 11.1. The number of carbonyl (C=O) groups is 1. The van der Waals surface area contributed by atoms with Gasteiger partial charge in [0.05, 0.1) is 17.7 Å². The van der Waals surface area contributed by atoms with Gasteiger partial charge in [-0.05, 0) is 82.2 Å². The van der Waals surface area contributed by atoms with Gasteiger partial charge in [-0.15, -0.1) is 0 Å². The van der Waals surface area contributed by atoms with Gasteiger partial charge >= 0.3 is 0 Å². The van der Waals surface area contributed by atoms with Gasteiger partial charge in [-0.1, -0.05) is 24.1 Å². The third-order valence-electron chi connectivity index (χ3n) is 5.68. The van der Waals surface area contributed by atoms with Crippen molar-refractivity contribution in [2.45, 2.75) is 37.5 Å². The number of anilines is 1. The van der Waals surface area contributed by atoms with Gasteiger partial charge in [-0.2, -0.15) is 0 Å². The summed E-state index contributed by atoms with van der Waals surface area (Å²) >= 11 is 0. The lowest BCUT2D eigenvalue weighted by Crippen LogP contribution is -2.41. The van der Waals surface area contributed by atoms with Crippen LogP contribution in [0.4, 0.5) is 5.69 Å². The van der Waals surface area contributed by atoms with Crippen molar-refractivity contribution >= 4 is 21.6 Å². The van der Waals surface area contributed by atoms with Crippen LogP contribution in [0.25, 0.3) is 0 Å². The first-order valence-corrected chi connectivity index (χ1v) is 12.6. The fraction of sp³-hybridized carbons (Fsp3) is 0.458.